The van der Waals surface area contributed by atoms with Gasteiger partial charge in [-0.15, -0.1) is 0 Å². The highest BCUT2D eigenvalue weighted by Crippen LogP contribution is 2.34. The predicted molar refractivity (Wildman–Crippen MR) is 115 cm³/mol. The molecule has 0 saturated carbocycles. The Morgan fingerprint density at radius 1 is 1.07 bits per heavy atom. The Kier molecular flexibility index (Phi) is 5.43. The van der Waals surface area contributed by atoms with Crippen molar-refractivity contribution in [3.8, 4) is 11.3 Å². The lowest BCUT2D eigenvalue weighted by atomic mass is 10.2. The summed E-state index contributed by atoms with van der Waals surface area (Å²) in [7, 11) is 0. The lowest BCUT2D eigenvalue weighted by Gasteiger charge is -2.02. The van der Waals surface area contributed by atoms with Crippen molar-refractivity contribution in [3.05, 3.63) is 74.2 Å². The molecule has 0 fully saturated rings. The molecule has 0 aliphatic heterocycles. The molecular formula is C20H11Br2NO4S. The third-order valence-corrected chi connectivity index (χ3v) is 5.82. The number of benzene rings is 2. The Morgan fingerprint density at radius 2 is 1.89 bits per heavy atom. The van der Waals surface area contributed by atoms with Gasteiger partial charge in [0.1, 0.15) is 21.9 Å². The molecule has 4 rings (SSSR count). The molecule has 2 aromatic heterocycles. The van der Waals surface area contributed by atoms with E-state index in [2.05, 4.69) is 36.8 Å². The second kappa shape index (κ2) is 7.98. The van der Waals surface area contributed by atoms with Gasteiger partial charge in [0.25, 0.3) is 5.22 Å². The second-order valence-corrected chi connectivity index (χ2v) is 8.45. The zero-order chi connectivity index (χ0) is 19.7. The fourth-order valence-corrected chi connectivity index (χ4v) is 4.04. The summed E-state index contributed by atoms with van der Waals surface area (Å²) in [6, 6.07) is 16.5. The first-order valence-electron chi connectivity index (χ1n) is 8.03. The Balaban J connectivity index is 1.64. The number of furan rings is 1. The summed E-state index contributed by atoms with van der Waals surface area (Å²) in [4.78, 5) is 16.0. The van der Waals surface area contributed by atoms with Gasteiger partial charge >= 0.3 is 5.97 Å². The predicted octanol–water partition coefficient (Wildman–Crippen LogP) is 6.83. The van der Waals surface area contributed by atoms with Gasteiger partial charge in [-0.25, -0.2) is 9.78 Å². The Bertz CT molecular complexity index is 1180. The standard InChI is InChI=1S/C20H11Br2NO4S/c21-11-5-7-14(22)13(9-11)16-8-6-12(26-16)10-18(19(24)25)28-20-23-15-3-1-2-4-17(15)27-20/h1-10H,(H,24,25)/b18-10+. The summed E-state index contributed by atoms with van der Waals surface area (Å²) in [6.45, 7) is 0. The van der Waals surface area contributed by atoms with Crippen molar-refractivity contribution in [1.82, 2.24) is 4.98 Å². The number of carboxylic acid groups (broad SMARTS) is 1. The van der Waals surface area contributed by atoms with Crippen LogP contribution in [-0.2, 0) is 4.79 Å². The van der Waals surface area contributed by atoms with Gasteiger partial charge < -0.3 is 13.9 Å². The van der Waals surface area contributed by atoms with E-state index in [0.717, 1.165) is 26.3 Å². The molecule has 0 aliphatic rings. The van der Waals surface area contributed by atoms with Crippen molar-refractivity contribution in [2.24, 2.45) is 0 Å². The van der Waals surface area contributed by atoms with Gasteiger partial charge in [-0.05, 0) is 54.2 Å². The zero-order valence-electron chi connectivity index (χ0n) is 14.1. The summed E-state index contributed by atoms with van der Waals surface area (Å²) < 4.78 is 13.2. The van der Waals surface area contributed by atoms with E-state index in [9.17, 15) is 9.90 Å². The lowest BCUT2D eigenvalue weighted by molar-refractivity contribution is -0.131. The van der Waals surface area contributed by atoms with Crippen LogP contribution in [0.25, 0.3) is 28.5 Å². The number of para-hydroxylation sites is 2. The molecule has 5 nitrogen and oxygen atoms in total. The van der Waals surface area contributed by atoms with Gasteiger partial charge in [-0.2, -0.15) is 0 Å². The summed E-state index contributed by atoms with van der Waals surface area (Å²) in [5.41, 5.74) is 2.14. The van der Waals surface area contributed by atoms with Crippen molar-refractivity contribution < 1.29 is 18.7 Å². The van der Waals surface area contributed by atoms with E-state index in [0.29, 0.717) is 22.6 Å². The molecule has 28 heavy (non-hydrogen) atoms. The highest BCUT2D eigenvalue weighted by atomic mass is 79.9. The molecule has 0 bridgehead atoms. The Hall–Kier alpha value is -2.29. The van der Waals surface area contributed by atoms with Crippen molar-refractivity contribution >= 4 is 66.8 Å². The zero-order valence-corrected chi connectivity index (χ0v) is 18.0. The van der Waals surface area contributed by atoms with Gasteiger partial charge in [0.15, 0.2) is 5.58 Å². The minimum absolute atomic E-state index is 0.0424. The molecule has 8 heteroatoms. The molecule has 0 atom stereocenters. The van der Waals surface area contributed by atoms with Crippen LogP contribution in [0.3, 0.4) is 0 Å². The van der Waals surface area contributed by atoms with Crippen LogP contribution in [0.1, 0.15) is 5.76 Å². The van der Waals surface area contributed by atoms with E-state index in [1.54, 1.807) is 18.2 Å². The van der Waals surface area contributed by atoms with Crippen LogP contribution < -0.4 is 0 Å². The summed E-state index contributed by atoms with van der Waals surface area (Å²) >= 11 is 7.87. The molecule has 0 radical (unpaired) electrons. The van der Waals surface area contributed by atoms with Crippen LogP contribution in [0.5, 0.6) is 0 Å². The van der Waals surface area contributed by atoms with Crippen molar-refractivity contribution in [3.63, 3.8) is 0 Å². The first kappa shape index (κ1) is 19.0. The molecular weight excluding hydrogens is 510 g/mol. The van der Waals surface area contributed by atoms with E-state index in [-0.39, 0.29) is 10.1 Å². The number of carboxylic acids is 1. The fraction of sp³-hybridized carbons (Fsp3) is 0. The SMILES string of the molecule is O=C(O)/C(=C\c1ccc(-c2cc(Br)ccc2Br)o1)Sc1nc2ccccc2o1. The molecule has 0 spiro atoms. The summed E-state index contributed by atoms with van der Waals surface area (Å²) in [5.74, 6) is -0.0484. The van der Waals surface area contributed by atoms with Gasteiger partial charge in [0, 0.05) is 20.6 Å². The first-order chi connectivity index (χ1) is 13.5. The van der Waals surface area contributed by atoms with Crippen LogP contribution in [0, 0.1) is 0 Å². The number of aliphatic carboxylic acids is 1. The highest BCUT2D eigenvalue weighted by Gasteiger charge is 2.16. The maximum absolute atomic E-state index is 11.7. The number of aromatic nitrogens is 1. The Morgan fingerprint density at radius 3 is 2.68 bits per heavy atom. The van der Waals surface area contributed by atoms with E-state index in [1.807, 2.05) is 36.4 Å². The molecule has 140 valence electrons. The number of rotatable bonds is 5. The van der Waals surface area contributed by atoms with Gasteiger partial charge in [0.05, 0.1) is 0 Å². The third kappa shape index (κ3) is 4.09. The lowest BCUT2D eigenvalue weighted by Crippen LogP contribution is -1.96. The number of hydrogen-bond donors (Lipinski definition) is 1. The summed E-state index contributed by atoms with van der Waals surface area (Å²) in [5, 5.41) is 9.82. The van der Waals surface area contributed by atoms with Gasteiger partial charge in [-0.3, -0.25) is 0 Å². The van der Waals surface area contributed by atoms with Crippen LogP contribution in [0.2, 0.25) is 0 Å². The molecule has 4 aromatic rings. The minimum atomic E-state index is -1.09. The highest BCUT2D eigenvalue weighted by molar-refractivity contribution is 9.11. The van der Waals surface area contributed by atoms with Crippen molar-refractivity contribution in [2.45, 2.75) is 5.22 Å². The van der Waals surface area contributed by atoms with Crippen LogP contribution in [0.15, 0.2) is 82.5 Å². The molecule has 0 aliphatic carbocycles. The van der Waals surface area contributed by atoms with Crippen LogP contribution >= 0.6 is 43.6 Å². The summed E-state index contributed by atoms with van der Waals surface area (Å²) in [6.07, 6.45) is 1.46. The molecule has 0 unspecified atom stereocenters. The topological polar surface area (TPSA) is 76.5 Å². The number of thioether (sulfide) groups is 1. The molecule has 1 N–H and O–H groups in total. The smallest absolute Gasteiger partial charge is 0.342 e. The maximum atomic E-state index is 11.7. The quantitative estimate of drug-likeness (QED) is 0.229. The van der Waals surface area contributed by atoms with Crippen LogP contribution in [0.4, 0.5) is 0 Å². The average Bonchev–Trinajstić information content (AvgIpc) is 3.29. The van der Waals surface area contributed by atoms with Gasteiger partial charge in [0.2, 0.25) is 0 Å². The van der Waals surface area contributed by atoms with Crippen molar-refractivity contribution in [1.29, 1.82) is 0 Å². The number of nitrogens with zero attached hydrogens (tertiary/aromatic N) is 1. The van der Waals surface area contributed by atoms with E-state index in [1.165, 1.54) is 6.08 Å². The van der Waals surface area contributed by atoms with E-state index >= 15 is 0 Å². The largest absolute Gasteiger partial charge is 0.477 e. The molecule has 2 aromatic carbocycles. The average molecular weight is 521 g/mol. The Labute approximate surface area is 180 Å². The van der Waals surface area contributed by atoms with Crippen LogP contribution in [-0.4, -0.2) is 16.1 Å². The van der Waals surface area contributed by atoms with Crippen molar-refractivity contribution in [2.75, 3.05) is 0 Å². The normalized spacial score (nSPS) is 11.9. The number of hydrogen-bond acceptors (Lipinski definition) is 5. The first-order valence-corrected chi connectivity index (χ1v) is 10.4. The number of halogens is 2. The fourth-order valence-electron chi connectivity index (χ4n) is 2.51. The molecule has 0 saturated heterocycles. The molecule has 0 amide bonds. The monoisotopic (exact) mass is 519 g/mol. The van der Waals surface area contributed by atoms with E-state index < -0.39 is 5.97 Å². The number of oxazole rings is 1. The molecule has 2 heterocycles. The third-order valence-electron chi connectivity index (χ3n) is 3.78. The number of fused-ring (bicyclic) bond motifs is 1. The van der Waals surface area contributed by atoms with Gasteiger partial charge in [-0.1, -0.05) is 44.0 Å². The number of carbonyl (C=O) groups is 1. The minimum Gasteiger partial charge on any atom is -0.477 e. The van der Waals surface area contributed by atoms with E-state index in [4.69, 9.17) is 8.83 Å². The second-order valence-electron chi connectivity index (χ2n) is 5.69. The maximum Gasteiger partial charge on any atom is 0.342 e.